The molecule has 1 atom stereocenters. The molecule has 0 radical (unpaired) electrons. The normalized spacial score (nSPS) is 16.2. The van der Waals surface area contributed by atoms with Crippen molar-refractivity contribution in [1.82, 2.24) is 15.1 Å². The standard InChI is InChI=1S/C27H28Cl2N6O3/c1-17-11-19-13-20(7-9-24(19)38-17)32-27(31-16-30)33-23-5-3-4-10-35(26(23)37)15-25(36)34(2)14-18-6-8-21(28)22(29)12-18/h6-9,11-13,23H,3-5,10,14-15H2,1-2H3,(H2,31,32,33). The Labute approximate surface area is 231 Å². The monoisotopic (exact) mass is 554 g/mol. The van der Waals surface area contributed by atoms with Crippen LogP contribution in [0, 0.1) is 18.4 Å². The number of likely N-dealkylation sites (tertiary alicyclic amines) is 1. The number of likely N-dealkylation sites (N-methyl/N-ethyl adjacent to an activating group) is 1. The third kappa shape index (κ3) is 6.77. The van der Waals surface area contributed by atoms with Crippen molar-refractivity contribution in [3.05, 3.63) is 63.8 Å². The maximum absolute atomic E-state index is 13.4. The van der Waals surface area contributed by atoms with E-state index in [-0.39, 0.29) is 24.3 Å². The Balaban J connectivity index is 1.45. The summed E-state index contributed by atoms with van der Waals surface area (Å²) in [5, 5.41) is 16.7. The van der Waals surface area contributed by atoms with Crippen LogP contribution in [0.15, 0.2) is 51.9 Å². The zero-order valence-corrected chi connectivity index (χ0v) is 22.6. The highest BCUT2D eigenvalue weighted by atomic mass is 35.5. The Morgan fingerprint density at radius 3 is 2.79 bits per heavy atom. The van der Waals surface area contributed by atoms with Gasteiger partial charge in [-0.2, -0.15) is 5.26 Å². The van der Waals surface area contributed by atoms with Crippen LogP contribution in [0.1, 0.15) is 30.6 Å². The van der Waals surface area contributed by atoms with Gasteiger partial charge >= 0.3 is 0 Å². The molecule has 1 aliphatic heterocycles. The number of benzene rings is 2. The number of furan rings is 1. The second-order valence-electron chi connectivity index (χ2n) is 9.22. The summed E-state index contributed by atoms with van der Waals surface area (Å²) < 4.78 is 5.61. The van der Waals surface area contributed by atoms with Gasteiger partial charge in [0.05, 0.1) is 16.6 Å². The molecule has 0 spiro atoms. The molecule has 0 aliphatic carbocycles. The van der Waals surface area contributed by atoms with Crippen molar-refractivity contribution in [3.63, 3.8) is 0 Å². The molecule has 9 nitrogen and oxygen atoms in total. The first-order valence-electron chi connectivity index (χ1n) is 12.2. The lowest BCUT2D eigenvalue weighted by Gasteiger charge is -2.26. The number of carbonyl (C=O) groups is 2. The number of nitrogens with one attached hydrogen (secondary N) is 2. The number of guanidine groups is 1. The summed E-state index contributed by atoms with van der Waals surface area (Å²) in [6.07, 6.45) is 3.91. The lowest BCUT2D eigenvalue weighted by Crippen LogP contribution is -2.44. The van der Waals surface area contributed by atoms with Crippen LogP contribution in [-0.4, -0.2) is 53.8 Å². The lowest BCUT2D eigenvalue weighted by molar-refractivity contribution is -0.140. The Bertz CT molecular complexity index is 1410. The van der Waals surface area contributed by atoms with Crippen LogP contribution < -0.4 is 10.6 Å². The molecule has 2 aromatic carbocycles. The number of aryl methyl sites for hydroxylation is 1. The third-order valence-electron chi connectivity index (χ3n) is 6.27. The minimum absolute atomic E-state index is 0.0619. The number of carbonyl (C=O) groups excluding carboxylic acids is 2. The summed E-state index contributed by atoms with van der Waals surface area (Å²) >= 11 is 12.1. The van der Waals surface area contributed by atoms with Crippen molar-refractivity contribution in [2.24, 2.45) is 4.99 Å². The van der Waals surface area contributed by atoms with E-state index in [0.29, 0.717) is 35.2 Å². The third-order valence-corrected chi connectivity index (χ3v) is 7.01. The van der Waals surface area contributed by atoms with Gasteiger partial charge in [-0.25, -0.2) is 4.99 Å². The predicted molar refractivity (Wildman–Crippen MR) is 148 cm³/mol. The van der Waals surface area contributed by atoms with E-state index in [4.69, 9.17) is 27.6 Å². The quantitative estimate of drug-likeness (QED) is 0.193. The molecule has 1 aromatic heterocycles. The number of halogens is 2. The highest BCUT2D eigenvalue weighted by molar-refractivity contribution is 6.42. The number of nitrogens with zero attached hydrogens (tertiary/aromatic N) is 4. The number of hydrogen-bond acceptors (Lipinski definition) is 5. The van der Waals surface area contributed by atoms with Gasteiger partial charge in [0.15, 0.2) is 6.19 Å². The van der Waals surface area contributed by atoms with Gasteiger partial charge in [0, 0.05) is 31.2 Å². The first-order chi connectivity index (χ1) is 18.2. The van der Waals surface area contributed by atoms with Crippen molar-refractivity contribution in [2.75, 3.05) is 25.5 Å². The fourth-order valence-electron chi connectivity index (χ4n) is 4.34. The maximum atomic E-state index is 13.4. The topological polar surface area (TPSA) is 114 Å². The van der Waals surface area contributed by atoms with Gasteiger partial charge in [-0.3, -0.25) is 14.9 Å². The Morgan fingerprint density at radius 2 is 2.03 bits per heavy atom. The number of hydrogen-bond donors (Lipinski definition) is 2. The molecule has 2 N–H and O–H groups in total. The molecule has 1 aliphatic rings. The van der Waals surface area contributed by atoms with Crippen molar-refractivity contribution in [1.29, 1.82) is 5.26 Å². The van der Waals surface area contributed by atoms with Gasteiger partial charge in [-0.1, -0.05) is 29.3 Å². The molecule has 0 saturated carbocycles. The van der Waals surface area contributed by atoms with E-state index in [9.17, 15) is 14.9 Å². The van der Waals surface area contributed by atoms with Crippen LogP contribution in [-0.2, 0) is 16.1 Å². The van der Waals surface area contributed by atoms with E-state index in [1.54, 1.807) is 29.0 Å². The highest BCUT2D eigenvalue weighted by Crippen LogP contribution is 2.24. The fraction of sp³-hybridized carbons (Fsp3) is 0.333. The second-order valence-corrected chi connectivity index (χ2v) is 10.0. The first-order valence-corrected chi connectivity index (χ1v) is 13.0. The van der Waals surface area contributed by atoms with E-state index in [1.165, 1.54) is 0 Å². The zero-order chi connectivity index (χ0) is 27.2. The van der Waals surface area contributed by atoms with Crippen molar-refractivity contribution >= 4 is 57.6 Å². The molecule has 11 heteroatoms. The van der Waals surface area contributed by atoms with Gasteiger partial charge in [-0.05, 0) is 68.1 Å². The van der Waals surface area contributed by atoms with E-state index < -0.39 is 6.04 Å². The number of anilines is 1. The molecular weight excluding hydrogens is 527 g/mol. The lowest BCUT2D eigenvalue weighted by atomic mass is 10.1. The van der Waals surface area contributed by atoms with Gasteiger partial charge in [0.2, 0.25) is 17.8 Å². The van der Waals surface area contributed by atoms with Gasteiger partial charge in [-0.15, -0.1) is 0 Å². The summed E-state index contributed by atoms with van der Waals surface area (Å²) in [4.78, 5) is 34.0. The van der Waals surface area contributed by atoms with E-state index in [2.05, 4.69) is 15.6 Å². The highest BCUT2D eigenvalue weighted by Gasteiger charge is 2.29. The molecule has 1 fully saturated rings. The molecule has 3 aromatic rings. The molecule has 38 heavy (non-hydrogen) atoms. The maximum Gasteiger partial charge on any atom is 0.247 e. The Morgan fingerprint density at radius 1 is 1.21 bits per heavy atom. The first kappa shape index (κ1) is 27.3. The van der Waals surface area contributed by atoms with Crippen LogP contribution in [0.25, 0.3) is 11.0 Å². The second kappa shape index (κ2) is 12.2. The van der Waals surface area contributed by atoms with Crippen LogP contribution in [0.3, 0.4) is 0 Å². The molecule has 0 bridgehead atoms. The molecule has 2 amide bonds. The van der Waals surface area contributed by atoms with Gasteiger partial charge in [0.25, 0.3) is 0 Å². The van der Waals surface area contributed by atoms with Gasteiger partial charge in [0.1, 0.15) is 17.4 Å². The van der Waals surface area contributed by atoms with Crippen LogP contribution in [0.2, 0.25) is 10.0 Å². The number of nitriles is 1. The summed E-state index contributed by atoms with van der Waals surface area (Å²) in [5.74, 6) is 0.503. The van der Waals surface area contributed by atoms with Crippen molar-refractivity contribution in [3.8, 4) is 6.19 Å². The number of rotatable bonds is 6. The SMILES string of the molecule is Cc1cc2cc(NC(=NC3CCCCN(CC(=O)N(C)Cc4ccc(Cl)c(Cl)c4)C3=O)NC#N)ccc2o1. The van der Waals surface area contributed by atoms with Crippen LogP contribution in [0.4, 0.5) is 5.69 Å². The van der Waals surface area contributed by atoms with Gasteiger partial charge < -0.3 is 19.5 Å². The molecule has 198 valence electrons. The summed E-state index contributed by atoms with van der Waals surface area (Å²) in [7, 11) is 1.68. The predicted octanol–water partition coefficient (Wildman–Crippen LogP) is 4.93. The summed E-state index contributed by atoms with van der Waals surface area (Å²) in [6.45, 7) is 2.60. The summed E-state index contributed by atoms with van der Waals surface area (Å²) in [6, 6.07) is 11.9. The zero-order valence-electron chi connectivity index (χ0n) is 21.1. The number of fused-ring (bicyclic) bond motifs is 1. The van der Waals surface area contributed by atoms with Crippen LogP contribution >= 0.6 is 23.2 Å². The number of aliphatic imine (C=N–C) groups is 1. The Kier molecular flexibility index (Phi) is 8.77. The molecule has 1 unspecified atom stereocenters. The fourth-order valence-corrected chi connectivity index (χ4v) is 4.66. The smallest absolute Gasteiger partial charge is 0.247 e. The molecule has 2 heterocycles. The largest absolute Gasteiger partial charge is 0.461 e. The Hall–Kier alpha value is -3.74. The van der Waals surface area contributed by atoms with E-state index >= 15 is 0 Å². The molecule has 4 rings (SSSR count). The molecule has 1 saturated heterocycles. The number of amides is 2. The minimum atomic E-state index is -0.728. The van der Waals surface area contributed by atoms with Crippen molar-refractivity contribution < 1.29 is 14.0 Å². The summed E-state index contributed by atoms with van der Waals surface area (Å²) in [5.41, 5.74) is 2.28. The van der Waals surface area contributed by atoms with E-state index in [0.717, 1.165) is 35.1 Å². The average Bonchev–Trinajstić information content (AvgIpc) is 3.17. The molecular formula is C27H28Cl2N6O3. The van der Waals surface area contributed by atoms with Crippen LogP contribution in [0.5, 0.6) is 0 Å². The average molecular weight is 555 g/mol. The van der Waals surface area contributed by atoms with Crippen molar-refractivity contribution in [2.45, 2.75) is 38.8 Å². The van der Waals surface area contributed by atoms with E-state index in [1.807, 2.05) is 43.4 Å². The minimum Gasteiger partial charge on any atom is -0.461 e.